The van der Waals surface area contributed by atoms with Crippen molar-refractivity contribution in [3.63, 3.8) is 0 Å². The molecular formula is C15H14ClNO3. The van der Waals surface area contributed by atoms with Gasteiger partial charge in [0.05, 0.1) is 11.3 Å². The molecule has 1 heterocycles. The third-order valence-corrected chi connectivity index (χ3v) is 3.04. The Morgan fingerprint density at radius 1 is 1.45 bits per heavy atom. The van der Waals surface area contributed by atoms with Crippen LogP contribution >= 0.6 is 11.6 Å². The molecule has 2 aromatic rings. The molecule has 5 heteroatoms. The van der Waals surface area contributed by atoms with Gasteiger partial charge in [0, 0.05) is 11.1 Å². The maximum Gasteiger partial charge on any atom is 0.331 e. The summed E-state index contributed by atoms with van der Waals surface area (Å²) in [6.45, 7) is 3.74. The summed E-state index contributed by atoms with van der Waals surface area (Å²) in [5.41, 5.74) is 2.37. The Balaban J connectivity index is 1.93. The number of halogens is 1. The van der Waals surface area contributed by atoms with E-state index >= 15 is 0 Å². The molecule has 20 heavy (non-hydrogen) atoms. The molecule has 2 rings (SSSR count). The molecule has 0 amide bonds. The minimum atomic E-state index is -0.426. The normalized spacial score (nSPS) is 10.9. The van der Waals surface area contributed by atoms with Crippen molar-refractivity contribution in [3.05, 3.63) is 57.9 Å². The van der Waals surface area contributed by atoms with Crippen molar-refractivity contribution in [1.29, 1.82) is 0 Å². The van der Waals surface area contributed by atoms with E-state index in [1.54, 1.807) is 25.1 Å². The van der Waals surface area contributed by atoms with Gasteiger partial charge in [-0.15, -0.1) is 0 Å². The van der Waals surface area contributed by atoms with Crippen molar-refractivity contribution in [1.82, 2.24) is 5.16 Å². The molecule has 1 aromatic heterocycles. The van der Waals surface area contributed by atoms with E-state index < -0.39 is 5.97 Å². The molecule has 0 aliphatic carbocycles. The monoisotopic (exact) mass is 291 g/mol. The summed E-state index contributed by atoms with van der Waals surface area (Å²) in [5.74, 6) is 0.235. The predicted octanol–water partition coefficient (Wildman–Crippen LogP) is 3.70. The van der Waals surface area contributed by atoms with Gasteiger partial charge in [0.25, 0.3) is 0 Å². The van der Waals surface area contributed by atoms with Gasteiger partial charge < -0.3 is 9.26 Å². The van der Waals surface area contributed by atoms with E-state index in [0.29, 0.717) is 10.8 Å². The first-order valence-corrected chi connectivity index (χ1v) is 6.46. The average molecular weight is 292 g/mol. The number of carbonyl (C=O) groups is 1. The van der Waals surface area contributed by atoms with Crippen molar-refractivity contribution >= 4 is 23.6 Å². The first-order chi connectivity index (χ1) is 9.56. The van der Waals surface area contributed by atoms with Gasteiger partial charge in [-0.25, -0.2) is 4.79 Å². The number of benzene rings is 1. The lowest BCUT2D eigenvalue weighted by Gasteiger charge is -2.01. The number of aromatic nitrogens is 1. The first kappa shape index (κ1) is 14.3. The molecule has 0 aliphatic rings. The van der Waals surface area contributed by atoms with Crippen LogP contribution in [0.1, 0.15) is 22.6 Å². The zero-order valence-corrected chi connectivity index (χ0v) is 12.0. The third-order valence-electron chi connectivity index (χ3n) is 2.80. The van der Waals surface area contributed by atoms with Crippen molar-refractivity contribution in [2.24, 2.45) is 0 Å². The minimum absolute atomic E-state index is 0.153. The van der Waals surface area contributed by atoms with Crippen LogP contribution in [-0.2, 0) is 16.1 Å². The van der Waals surface area contributed by atoms with Gasteiger partial charge in [-0.3, -0.25) is 0 Å². The fraction of sp³-hybridized carbons (Fsp3) is 0.200. The number of hydrogen-bond donors (Lipinski definition) is 0. The van der Waals surface area contributed by atoms with Crippen molar-refractivity contribution in [2.45, 2.75) is 20.5 Å². The second kappa shape index (κ2) is 6.39. The second-order valence-corrected chi connectivity index (χ2v) is 4.74. The Kier molecular flexibility index (Phi) is 4.58. The van der Waals surface area contributed by atoms with E-state index in [1.165, 1.54) is 6.08 Å². The van der Waals surface area contributed by atoms with E-state index in [2.05, 4.69) is 5.16 Å². The highest BCUT2D eigenvalue weighted by atomic mass is 35.5. The van der Waals surface area contributed by atoms with Crippen LogP contribution in [0.25, 0.3) is 6.08 Å². The SMILES string of the molecule is Cc1noc(C)c1COC(=O)/C=C/c1cccc(Cl)c1. The van der Waals surface area contributed by atoms with Gasteiger partial charge >= 0.3 is 5.97 Å². The Hall–Kier alpha value is -2.07. The van der Waals surface area contributed by atoms with Gasteiger partial charge in [-0.2, -0.15) is 0 Å². The average Bonchev–Trinajstić information content (AvgIpc) is 2.74. The lowest BCUT2D eigenvalue weighted by atomic mass is 10.2. The molecule has 0 unspecified atom stereocenters. The number of rotatable bonds is 4. The maximum atomic E-state index is 11.6. The van der Waals surface area contributed by atoms with E-state index in [1.807, 2.05) is 19.1 Å². The molecule has 0 spiro atoms. The van der Waals surface area contributed by atoms with Gasteiger partial charge in [0.2, 0.25) is 0 Å². The van der Waals surface area contributed by atoms with Crippen LogP contribution in [0.3, 0.4) is 0 Å². The van der Waals surface area contributed by atoms with Gasteiger partial charge in [-0.05, 0) is 37.6 Å². The molecule has 0 N–H and O–H groups in total. The zero-order chi connectivity index (χ0) is 14.5. The fourth-order valence-electron chi connectivity index (χ4n) is 1.67. The molecule has 0 atom stereocenters. The van der Waals surface area contributed by atoms with Crippen LogP contribution in [0.5, 0.6) is 0 Å². The molecule has 0 saturated heterocycles. The molecule has 0 bridgehead atoms. The Bertz CT molecular complexity index is 627. The summed E-state index contributed by atoms with van der Waals surface area (Å²) in [6.07, 6.45) is 3.02. The van der Waals surface area contributed by atoms with Crippen molar-refractivity contribution in [2.75, 3.05) is 0 Å². The highest BCUT2D eigenvalue weighted by Gasteiger charge is 2.10. The zero-order valence-electron chi connectivity index (χ0n) is 11.2. The summed E-state index contributed by atoms with van der Waals surface area (Å²) < 4.78 is 10.1. The topological polar surface area (TPSA) is 52.3 Å². The van der Waals surface area contributed by atoms with E-state index in [-0.39, 0.29) is 6.61 Å². The molecule has 0 saturated carbocycles. The van der Waals surface area contributed by atoms with Gasteiger partial charge in [-0.1, -0.05) is 28.9 Å². The molecule has 0 fully saturated rings. The molecule has 0 radical (unpaired) electrons. The van der Waals surface area contributed by atoms with Crippen LogP contribution in [0.15, 0.2) is 34.9 Å². The molecule has 1 aromatic carbocycles. The standard InChI is InChI=1S/C15H14ClNO3/c1-10-14(11(2)20-17-10)9-19-15(18)7-6-12-4-3-5-13(16)8-12/h3-8H,9H2,1-2H3/b7-6+. The third kappa shape index (κ3) is 3.71. The van der Waals surface area contributed by atoms with Gasteiger partial charge in [0.15, 0.2) is 0 Å². The number of esters is 1. The minimum Gasteiger partial charge on any atom is -0.457 e. The van der Waals surface area contributed by atoms with E-state index in [9.17, 15) is 4.79 Å². The molecule has 0 aliphatic heterocycles. The number of aryl methyl sites for hydroxylation is 2. The Morgan fingerprint density at radius 2 is 2.25 bits per heavy atom. The summed E-state index contributed by atoms with van der Waals surface area (Å²) in [4.78, 5) is 11.6. The van der Waals surface area contributed by atoms with Crippen LogP contribution in [-0.4, -0.2) is 11.1 Å². The van der Waals surface area contributed by atoms with E-state index in [0.717, 1.165) is 16.8 Å². The number of carbonyl (C=O) groups excluding carboxylic acids is 1. The van der Waals surface area contributed by atoms with Crippen LogP contribution < -0.4 is 0 Å². The number of hydrogen-bond acceptors (Lipinski definition) is 4. The summed E-state index contributed by atoms with van der Waals surface area (Å²) >= 11 is 5.86. The second-order valence-electron chi connectivity index (χ2n) is 4.30. The summed E-state index contributed by atoms with van der Waals surface area (Å²) in [6, 6.07) is 7.20. The van der Waals surface area contributed by atoms with Crippen LogP contribution in [0.4, 0.5) is 0 Å². The van der Waals surface area contributed by atoms with Gasteiger partial charge in [0.1, 0.15) is 12.4 Å². The fourth-order valence-corrected chi connectivity index (χ4v) is 1.87. The Morgan fingerprint density at radius 3 is 2.90 bits per heavy atom. The van der Waals surface area contributed by atoms with Crippen LogP contribution in [0, 0.1) is 13.8 Å². The predicted molar refractivity (Wildman–Crippen MR) is 76.3 cm³/mol. The smallest absolute Gasteiger partial charge is 0.331 e. The number of nitrogens with zero attached hydrogens (tertiary/aromatic N) is 1. The largest absolute Gasteiger partial charge is 0.457 e. The number of ether oxygens (including phenoxy) is 1. The van der Waals surface area contributed by atoms with Crippen molar-refractivity contribution < 1.29 is 14.1 Å². The first-order valence-electron chi connectivity index (χ1n) is 6.08. The molecular weight excluding hydrogens is 278 g/mol. The Labute approximate surface area is 122 Å². The molecule has 104 valence electrons. The summed E-state index contributed by atoms with van der Waals surface area (Å²) in [7, 11) is 0. The highest BCUT2D eigenvalue weighted by Crippen LogP contribution is 2.14. The van der Waals surface area contributed by atoms with E-state index in [4.69, 9.17) is 20.9 Å². The maximum absolute atomic E-state index is 11.6. The molecule has 4 nitrogen and oxygen atoms in total. The highest BCUT2D eigenvalue weighted by molar-refractivity contribution is 6.30. The van der Waals surface area contributed by atoms with Crippen LogP contribution in [0.2, 0.25) is 5.02 Å². The van der Waals surface area contributed by atoms with Crippen molar-refractivity contribution in [3.8, 4) is 0 Å². The summed E-state index contributed by atoms with van der Waals surface area (Å²) in [5, 5.41) is 4.42. The quantitative estimate of drug-likeness (QED) is 0.636. The lowest BCUT2D eigenvalue weighted by molar-refractivity contribution is -0.138. The lowest BCUT2D eigenvalue weighted by Crippen LogP contribution is -2.02.